The normalized spacial score (nSPS) is 23.1. The van der Waals surface area contributed by atoms with Gasteiger partial charge in [-0.15, -0.1) is 0 Å². The van der Waals surface area contributed by atoms with Crippen molar-refractivity contribution in [2.45, 2.75) is 77.6 Å². The minimum Gasteiger partial charge on any atom is -1.00 e. The van der Waals surface area contributed by atoms with Gasteiger partial charge in [-0.1, -0.05) is 0 Å². The van der Waals surface area contributed by atoms with Gasteiger partial charge in [0.25, 0.3) is 0 Å². The summed E-state index contributed by atoms with van der Waals surface area (Å²) in [5.41, 5.74) is 0. The van der Waals surface area contributed by atoms with E-state index in [-0.39, 0.29) is 34.0 Å². The van der Waals surface area contributed by atoms with Gasteiger partial charge in [-0.3, -0.25) is 0 Å². The molecule has 0 spiro atoms. The third kappa shape index (κ3) is 6.23. The second kappa shape index (κ2) is 12.2. The summed E-state index contributed by atoms with van der Waals surface area (Å²) in [6.07, 6.45) is 21.3. The first-order valence-electron chi connectivity index (χ1n) is 12.0. The van der Waals surface area contributed by atoms with Crippen molar-refractivity contribution in [1.82, 2.24) is 9.13 Å². The van der Waals surface area contributed by atoms with Crippen LogP contribution in [0.1, 0.15) is 51.4 Å². The minimum atomic E-state index is -1.47. The zero-order valence-electron chi connectivity index (χ0n) is 19.9. The van der Waals surface area contributed by atoms with Gasteiger partial charge < -0.3 is 34.0 Å². The van der Waals surface area contributed by atoms with Crippen molar-refractivity contribution in [3.8, 4) is 0 Å². The molecule has 4 rings (SSSR count). The largest absolute Gasteiger partial charge is 1.00 e. The van der Waals surface area contributed by atoms with E-state index in [0.717, 1.165) is 0 Å². The third-order valence-corrected chi connectivity index (χ3v) is 22.8. The summed E-state index contributed by atoms with van der Waals surface area (Å²) < 4.78 is 9.73. The van der Waals surface area contributed by atoms with Crippen LogP contribution >= 0.6 is 0 Å². The SMILES string of the molecule is C[Si](C)(C1=[C]([Hf+2][C]2=C([Si](C)(C)N3CCCCC3)C=CC2)CC=C1)N1CCCCC1.[Br-].[Br-]. The molecule has 4 aliphatic rings. The van der Waals surface area contributed by atoms with Gasteiger partial charge in [-0.25, -0.2) is 0 Å². The Kier molecular flexibility index (Phi) is 11.2. The molecule has 0 N–H and O–H groups in total. The molecule has 2 saturated heterocycles. The van der Waals surface area contributed by atoms with Crippen LogP contribution in [0.5, 0.6) is 0 Å². The van der Waals surface area contributed by atoms with E-state index < -0.39 is 39.4 Å². The summed E-state index contributed by atoms with van der Waals surface area (Å²) in [5.74, 6) is 0. The van der Waals surface area contributed by atoms with Crippen LogP contribution in [0.25, 0.3) is 0 Å². The maximum absolute atomic E-state index is 2.92. The molecule has 0 unspecified atom stereocenters. The molecule has 2 aliphatic heterocycles. The molecular weight excluding hydrogens is 711 g/mol. The summed E-state index contributed by atoms with van der Waals surface area (Å²) in [7, 11) is -2.94. The summed E-state index contributed by atoms with van der Waals surface area (Å²) in [6, 6.07) is 0. The van der Waals surface area contributed by atoms with E-state index in [2.05, 4.69) is 59.6 Å². The predicted octanol–water partition coefficient (Wildman–Crippen LogP) is -0.0347. The van der Waals surface area contributed by atoms with E-state index in [9.17, 15) is 0 Å². The predicted molar refractivity (Wildman–Crippen MR) is 127 cm³/mol. The van der Waals surface area contributed by atoms with Gasteiger partial charge >= 0.3 is 194 Å². The van der Waals surface area contributed by atoms with Gasteiger partial charge in [0.15, 0.2) is 0 Å². The molecular formula is C24H40Br2HfN2Si2. The second-order valence-corrected chi connectivity index (χ2v) is 24.1. The number of hydrogen-bond donors (Lipinski definition) is 0. The van der Waals surface area contributed by atoms with Gasteiger partial charge in [0, 0.05) is 0 Å². The van der Waals surface area contributed by atoms with Crippen LogP contribution in [0.2, 0.25) is 26.2 Å². The topological polar surface area (TPSA) is 6.48 Å². The maximum Gasteiger partial charge on any atom is -1.00 e. The van der Waals surface area contributed by atoms with Gasteiger partial charge in [0.2, 0.25) is 0 Å². The average molecular weight is 751 g/mol. The number of rotatable bonds is 6. The van der Waals surface area contributed by atoms with Gasteiger partial charge in [-0.2, -0.15) is 0 Å². The number of nitrogens with zero attached hydrogens (tertiary/aromatic N) is 2. The van der Waals surface area contributed by atoms with E-state index in [1.54, 1.807) is 0 Å². The summed E-state index contributed by atoms with van der Waals surface area (Å²) in [6.45, 7) is 16.0. The van der Waals surface area contributed by atoms with E-state index in [0.29, 0.717) is 0 Å². The molecule has 0 amide bonds. The Hall–Kier alpha value is 1.14. The number of allylic oxidation sites excluding steroid dienone is 8. The molecule has 7 heteroatoms. The molecule has 0 atom stereocenters. The monoisotopic (exact) mass is 750 g/mol. The van der Waals surface area contributed by atoms with Crippen LogP contribution in [0, 0.1) is 0 Å². The molecule has 2 aliphatic carbocycles. The smallest absolute Gasteiger partial charge is 1.00 e. The Balaban J connectivity index is 0.00000171. The standard InChI is InChI=1S/2C12H20NSi.2BrH.Hf/c2*1-14(2,12-8-4-5-9-12)13-10-6-3-7-11-13;;;/h2*4,8H,3,5-7,10-11H2,1-2H3;2*1H;/q;;;;+2/p-2. The zero-order valence-corrected chi connectivity index (χ0v) is 28.7. The van der Waals surface area contributed by atoms with Crippen LogP contribution in [0.15, 0.2) is 41.4 Å². The summed E-state index contributed by atoms with van der Waals surface area (Å²) in [4.78, 5) is 0. The Morgan fingerprint density at radius 2 is 0.968 bits per heavy atom. The molecule has 2 fully saturated rings. The first kappa shape index (κ1) is 28.4. The molecule has 172 valence electrons. The van der Waals surface area contributed by atoms with Crippen LogP contribution in [-0.2, 0) is 22.9 Å². The molecule has 0 saturated carbocycles. The van der Waals surface area contributed by atoms with E-state index in [4.69, 9.17) is 0 Å². The minimum absolute atomic E-state index is 0. The van der Waals surface area contributed by atoms with E-state index >= 15 is 0 Å². The van der Waals surface area contributed by atoms with E-state index in [1.165, 1.54) is 77.5 Å². The van der Waals surface area contributed by atoms with Crippen LogP contribution in [-0.4, -0.2) is 51.8 Å². The first-order valence-corrected chi connectivity index (χ1v) is 21.5. The molecule has 0 aromatic carbocycles. The van der Waals surface area contributed by atoms with Crippen molar-refractivity contribution < 1.29 is 56.9 Å². The number of piperidine rings is 2. The van der Waals surface area contributed by atoms with Crippen LogP contribution in [0.3, 0.4) is 0 Å². The van der Waals surface area contributed by atoms with Gasteiger partial charge in [0.05, 0.1) is 0 Å². The Bertz CT molecular complexity index is 685. The Morgan fingerprint density at radius 1 is 0.613 bits per heavy atom. The van der Waals surface area contributed by atoms with E-state index in [1.807, 2.05) is 17.1 Å². The number of halogens is 2. The average Bonchev–Trinajstić information content (AvgIpc) is 3.40. The number of hydrogen-bond acceptors (Lipinski definition) is 2. The van der Waals surface area contributed by atoms with Crippen molar-refractivity contribution in [3.63, 3.8) is 0 Å². The third-order valence-electron chi connectivity index (χ3n) is 7.78. The molecule has 2 nitrogen and oxygen atoms in total. The van der Waals surface area contributed by atoms with Crippen molar-refractivity contribution in [1.29, 1.82) is 0 Å². The fourth-order valence-corrected chi connectivity index (χ4v) is 24.2. The molecule has 0 aromatic heterocycles. The molecule has 31 heavy (non-hydrogen) atoms. The summed E-state index contributed by atoms with van der Waals surface area (Å²) >= 11 is -0.930. The fourth-order valence-electron chi connectivity index (χ4n) is 5.82. The van der Waals surface area contributed by atoms with Crippen molar-refractivity contribution in [2.24, 2.45) is 0 Å². The fraction of sp³-hybridized carbons (Fsp3) is 0.667. The van der Waals surface area contributed by atoms with Crippen LogP contribution < -0.4 is 34.0 Å². The Morgan fingerprint density at radius 3 is 1.32 bits per heavy atom. The van der Waals surface area contributed by atoms with Crippen molar-refractivity contribution in [3.05, 3.63) is 41.4 Å². The molecule has 0 bridgehead atoms. The quantitative estimate of drug-likeness (QED) is 0.353. The molecule has 0 aromatic rings. The first-order chi connectivity index (χ1) is 13.9. The van der Waals surface area contributed by atoms with Crippen molar-refractivity contribution >= 4 is 16.5 Å². The van der Waals surface area contributed by atoms with Crippen molar-refractivity contribution in [2.75, 3.05) is 26.2 Å². The van der Waals surface area contributed by atoms with Gasteiger partial charge in [0.1, 0.15) is 0 Å². The summed E-state index contributed by atoms with van der Waals surface area (Å²) in [5, 5.41) is 3.69. The maximum atomic E-state index is 2.92. The molecule has 2 heterocycles. The Labute approximate surface area is 225 Å². The second-order valence-electron chi connectivity index (χ2n) is 10.3. The van der Waals surface area contributed by atoms with Gasteiger partial charge in [-0.05, 0) is 0 Å². The zero-order chi connectivity index (χ0) is 20.5. The van der Waals surface area contributed by atoms with Crippen LogP contribution in [0.4, 0.5) is 0 Å². The molecule has 0 radical (unpaired) electrons.